The fraction of sp³-hybridized carbons (Fsp3) is 0.111. The molecule has 0 radical (unpaired) electrons. The number of pyridine rings is 1. The second-order valence-corrected chi connectivity index (χ2v) is 3.90. The molecule has 2 heterocycles. The fourth-order valence-corrected chi connectivity index (χ4v) is 1.70. The van der Waals surface area contributed by atoms with Gasteiger partial charge in [0.05, 0.1) is 6.20 Å². The standard InChI is InChI=1S/C9H8BrN3O2/c10-6-4-12-7-3-5(1-2-13(6)7)8(11)9(14)15/h1-4,8H,11H2,(H,14,15). The third-order valence-corrected chi connectivity index (χ3v) is 2.70. The summed E-state index contributed by atoms with van der Waals surface area (Å²) in [5.74, 6) is -1.05. The van der Waals surface area contributed by atoms with Gasteiger partial charge in [-0.25, -0.2) is 4.98 Å². The van der Waals surface area contributed by atoms with Crippen LogP contribution in [0.3, 0.4) is 0 Å². The summed E-state index contributed by atoms with van der Waals surface area (Å²) in [5, 5.41) is 8.75. The van der Waals surface area contributed by atoms with Crippen molar-refractivity contribution < 1.29 is 9.90 Å². The lowest BCUT2D eigenvalue weighted by Gasteiger charge is -2.06. The van der Waals surface area contributed by atoms with Crippen LogP contribution in [-0.2, 0) is 4.79 Å². The van der Waals surface area contributed by atoms with E-state index >= 15 is 0 Å². The first-order valence-electron chi connectivity index (χ1n) is 4.20. The first-order chi connectivity index (χ1) is 7.09. The van der Waals surface area contributed by atoms with Gasteiger partial charge in [0.25, 0.3) is 0 Å². The van der Waals surface area contributed by atoms with E-state index in [0.29, 0.717) is 11.2 Å². The van der Waals surface area contributed by atoms with Gasteiger partial charge >= 0.3 is 5.97 Å². The highest BCUT2D eigenvalue weighted by atomic mass is 79.9. The number of hydrogen-bond acceptors (Lipinski definition) is 3. The molecule has 2 aromatic heterocycles. The van der Waals surface area contributed by atoms with Crippen molar-refractivity contribution in [1.29, 1.82) is 0 Å². The Morgan fingerprint density at radius 3 is 3.07 bits per heavy atom. The Kier molecular flexibility index (Phi) is 2.45. The van der Waals surface area contributed by atoms with Gasteiger partial charge in [0.15, 0.2) is 0 Å². The van der Waals surface area contributed by atoms with Crippen LogP contribution >= 0.6 is 15.9 Å². The third kappa shape index (κ3) is 1.73. The van der Waals surface area contributed by atoms with Crippen molar-refractivity contribution in [3.63, 3.8) is 0 Å². The van der Waals surface area contributed by atoms with Crippen LogP contribution in [0.2, 0.25) is 0 Å². The van der Waals surface area contributed by atoms with E-state index in [9.17, 15) is 4.79 Å². The van der Waals surface area contributed by atoms with Crippen LogP contribution in [0.25, 0.3) is 5.65 Å². The molecule has 0 fully saturated rings. The third-order valence-electron chi connectivity index (χ3n) is 2.12. The lowest BCUT2D eigenvalue weighted by molar-refractivity contribution is -0.138. The van der Waals surface area contributed by atoms with Crippen molar-refractivity contribution >= 4 is 27.5 Å². The molecule has 1 unspecified atom stereocenters. The molecule has 6 heteroatoms. The number of rotatable bonds is 2. The highest BCUT2D eigenvalue weighted by Gasteiger charge is 2.14. The zero-order valence-electron chi connectivity index (χ0n) is 7.59. The van der Waals surface area contributed by atoms with E-state index in [1.807, 2.05) is 0 Å². The smallest absolute Gasteiger partial charge is 0.325 e. The maximum Gasteiger partial charge on any atom is 0.325 e. The molecular weight excluding hydrogens is 262 g/mol. The number of aliphatic carboxylic acids is 1. The lowest BCUT2D eigenvalue weighted by Crippen LogP contribution is -2.20. The number of imidazole rings is 1. The van der Waals surface area contributed by atoms with Crippen LogP contribution in [0.4, 0.5) is 0 Å². The van der Waals surface area contributed by atoms with Gasteiger partial charge in [-0.2, -0.15) is 0 Å². The molecule has 0 saturated heterocycles. The van der Waals surface area contributed by atoms with Gasteiger partial charge in [0.1, 0.15) is 16.3 Å². The Morgan fingerprint density at radius 1 is 1.67 bits per heavy atom. The van der Waals surface area contributed by atoms with Gasteiger partial charge in [-0.3, -0.25) is 9.20 Å². The van der Waals surface area contributed by atoms with Gasteiger partial charge in [-0.15, -0.1) is 0 Å². The number of halogens is 1. The average Bonchev–Trinajstić information content (AvgIpc) is 2.59. The second kappa shape index (κ2) is 3.63. The molecule has 1 atom stereocenters. The van der Waals surface area contributed by atoms with Crippen LogP contribution < -0.4 is 5.73 Å². The molecule has 0 aliphatic heterocycles. The number of fused-ring (bicyclic) bond motifs is 1. The van der Waals surface area contributed by atoms with Gasteiger partial charge in [0.2, 0.25) is 0 Å². The first kappa shape index (κ1) is 10.1. The number of aromatic nitrogens is 2. The normalized spacial score (nSPS) is 12.9. The molecule has 0 aliphatic rings. The van der Waals surface area contributed by atoms with E-state index in [1.165, 1.54) is 0 Å². The Bertz CT molecular complexity index is 523. The van der Waals surface area contributed by atoms with Crippen molar-refractivity contribution in [2.24, 2.45) is 5.73 Å². The molecule has 0 aliphatic carbocycles. The summed E-state index contributed by atoms with van der Waals surface area (Å²) in [5.41, 5.74) is 6.69. The summed E-state index contributed by atoms with van der Waals surface area (Å²) in [6, 6.07) is 2.31. The SMILES string of the molecule is NC(C(=O)O)c1ccn2c(Br)cnc2c1. The largest absolute Gasteiger partial charge is 0.480 e. The maximum atomic E-state index is 10.7. The minimum atomic E-state index is -1.05. The number of carboxylic acids is 1. The molecule has 2 rings (SSSR count). The van der Waals surface area contributed by atoms with Crippen LogP contribution in [0.5, 0.6) is 0 Å². The van der Waals surface area contributed by atoms with Gasteiger partial charge in [0, 0.05) is 6.20 Å². The number of nitrogens with zero attached hydrogens (tertiary/aromatic N) is 2. The van der Waals surface area contributed by atoms with Crippen molar-refractivity contribution in [3.8, 4) is 0 Å². The Balaban J connectivity index is 2.52. The van der Waals surface area contributed by atoms with Crippen molar-refractivity contribution in [1.82, 2.24) is 9.38 Å². The minimum absolute atomic E-state index is 0.535. The zero-order chi connectivity index (χ0) is 11.0. The maximum absolute atomic E-state index is 10.7. The van der Waals surface area contributed by atoms with Gasteiger partial charge in [-0.1, -0.05) is 0 Å². The molecule has 5 nitrogen and oxygen atoms in total. The van der Waals surface area contributed by atoms with E-state index in [0.717, 1.165) is 4.60 Å². The molecular formula is C9H8BrN3O2. The number of carboxylic acid groups (broad SMARTS) is 1. The lowest BCUT2D eigenvalue weighted by atomic mass is 10.1. The molecule has 15 heavy (non-hydrogen) atoms. The van der Waals surface area contributed by atoms with E-state index in [-0.39, 0.29) is 0 Å². The molecule has 0 spiro atoms. The Morgan fingerprint density at radius 2 is 2.40 bits per heavy atom. The summed E-state index contributed by atoms with van der Waals surface area (Å²) in [6.07, 6.45) is 3.37. The predicted molar refractivity (Wildman–Crippen MR) is 57.5 cm³/mol. The van der Waals surface area contributed by atoms with Gasteiger partial charge in [-0.05, 0) is 33.6 Å². The molecule has 0 bridgehead atoms. The first-order valence-corrected chi connectivity index (χ1v) is 5.00. The fourth-order valence-electron chi connectivity index (χ4n) is 1.30. The van der Waals surface area contributed by atoms with Crippen molar-refractivity contribution in [3.05, 3.63) is 34.7 Å². The Hall–Kier alpha value is -1.40. The zero-order valence-corrected chi connectivity index (χ0v) is 9.18. The number of nitrogens with two attached hydrogens (primary N) is 1. The predicted octanol–water partition coefficient (Wildman–Crippen LogP) is 1.18. The van der Waals surface area contributed by atoms with E-state index in [4.69, 9.17) is 10.8 Å². The summed E-state index contributed by atoms with van der Waals surface area (Å²) in [4.78, 5) is 14.8. The summed E-state index contributed by atoms with van der Waals surface area (Å²) >= 11 is 3.31. The van der Waals surface area contributed by atoms with E-state index in [2.05, 4.69) is 20.9 Å². The van der Waals surface area contributed by atoms with Crippen molar-refractivity contribution in [2.75, 3.05) is 0 Å². The molecule has 0 amide bonds. The second-order valence-electron chi connectivity index (χ2n) is 3.09. The molecule has 2 aromatic rings. The topological polar surface area (TPSA) is 80.6 Å². The highest BCUT2D eigenvalue weighted by Crippen LogP contribution is 2.17. The number of carbonyl (C=O) groups is 1. The van der Waals surface area contributed by atoms with Crippen LogP contribution in [0.15, 0.2) is 29.1 Å². The average molecular weight is 270 g/mol. The molecule has 78 valence electrons. The monoisotopic (exact) mass is 269 g/mol. The molecule has 3 N–H and O–H groups in total. The van der Waals surface area contributed by atoms with Crippen LogP contribution in [-0.4, -0.2) is 20.5 Å². The number of hydrogen-bond donors (Lipinski definition) is 2. The van der Waals surface area contributed by atoms with Crippen LogP contribution in [0, 0.1) is 0 Å². The Labute approximate surface area is 93.7 Å². The van der Waals surface area contributed by atoms with Crippen LogP contribution in [0.1, 0.15) is 11.6 Å². The summed E-state index contributed by atoms with van der Waals surface area (Å²) in [6.45, 7) is 0. The highest BCUT2D eigenvalue weighted by molar-refractivity contribution is 9.10. The molecule has 0 saturated carbocycles. The van der Waals surface area contributed by atoms with Crippen molar-refractivity contribution in [2.45, 2.75) is 6.04 Å². The minimum Gasteiger partial charge on any atom is -0.480 e. The molecule has 0 aromatic carbocycles. The summed E-state index contributed by atoms with van der Waals surface area (Å²) < 4.78 is 2.60. The van der Waals surface area contributed by atoms with E-state index < -0.39 is 12.0 Å². The quantitative estimate of drug-likeness (QED) is 0.858. The van der Waals surface area contributed by atoms with Gasteiger partial charge < -0.3 is 10.8 Å². The summed E-state index contributed by atoms with van der Waals surface area (Å²) in [7, 11) is 0. The van der Waals surface area contributed by atoms with E-state index in [1.54, 1.807) is 28.9 Å².